The Balaban J connectivity index is 2.28. The Morgan fingerprint density at radius 3 is 3.12 bits per heavy atom. The van der Waals surface area contributed by atoms with Crippen molar-refractivity contribution < 1.29 is 14.9 Å². The SMILES string of the molecule is COCCNCc1cn(CC(O)CO)nn1. The van der Waals surface area contributed by atoms with E-state index in [0.717, 1.165) is 12.2 Å². The average molecular weight is 230 g/mol. The third kappa shape index (κ3) is 4.67. The largest absolute Gasteiger partial charge is 0.394 e. The molecule has 16 heavy (non-hydrogen) atoms. The highest BCUT2D eigenvalue weighted by Gasteiger charge is 2.05. The van der Waals surface area contributed by atoms with Gasteiger partial charge in [-0.05, 0) is 0 Å². The van der Waals surface area contributed by atoms with E-state index in [1.807, 2.05) is 0 Å². The summed E-state index contributed by atoms with van der Waals surface area (Å²) in [7, 11) is 1.65. The average Bonchev–Trinajstić information content (AvgIpc) is 2.72. The standard InChI is InChI=1S/C9H18N4O3/c1-16-3-2-10-4-8-5-13(12-11-8)6-9(15)7-14/h5,9-10,14-15H,2-4,6-7H2,1H3. The van der Waals surface area contributed by atoms with Gasteiger partial charge in [-0.1, -0.05) is 5.21 Å². The molecule has 0 spiro atoms. The predicted molar refractivity (Wildman–Crippen MR) is 56.7 cm³/mol. The topological polar surface area (TPSA) is 92.4 Å². The fraction of sp³-hybridized carbons (Fsp3) is 0.778. The number of aliphatic hydroxyl groups excluding tert-OH is 2. The van der Waals surface area contributed by atoms with Crippen LogP contribution in [0.15, 0.2) is 6.20 Å². The molecule has 1 aromatic rings. The van der Waals surface area contributed by atoms with Crippen LogP contribution in [0.25, 0.3) is 0 Å². The van der Waals surface area contributed by atoms with Crippen LogP contribution in [0.3, 0.4) is 0 Å². The molecule has 0 radical (unpaired) electrons. The van der Waals surface area contributed by atoms with E-state index in [9.17, 15) is 5.11 Å². The van der Waals surface area contributed by atoms with Crippen LogP contribution in [-0.2, 0) is 17.8 Å². The lowest BCUT2D eigenvalue weighted by molar-refractivity contribution is 0.0778. The maximum atomic E-state index is 9.20. The molecular formula is C9H18N4O3. The first-order chi connectivity index (χ1) is 7.76. The molecule has 92 valence electrons. The summed E-state index contributed by atoms with van der Waals surface area (Å²) in [4.78, 5) is 0. The number of rotatable bonds is 8. The van der Waals surface area contributed by atoms with Gasteiger partial charge in [-0.25, -0.2) is 4.68 Å². The fourth-order valence-electron chi connectivity index (χ4n) is 1.17. The molecule has 1 aromatic heterocycles. The molecule has 0 saturated carbocycles. The number of nitrogens with zero attached hydrogens (tertiary/aromatic N) is 3. The highest BCUT2D eigenvalue weighted by molar-refractivity contribution is 4.91. The molecule has 1 heterocycles. The van der Waals surface area contributed by atoms with E-state index >= 15 is 0 Å². The molecule has 0 aliphatic carbocycles. The first-order valence-corrected chi connectivity index (χ1v) is 5.14. The number of methoxy groups -OCH3 is 1. The van der Waals surface area contributed by atoms with Crippen LogP contribution in [0.2, 0.25) is 0 Å². The molecule has 0 amide bonds. The van der Waals surface area contributed by atoms with Gasteiger partial charge in [0.05, 0.1) is 31.6 Å². The van der Waals surface area contributed by atoms with Crippen molar-refractivity contribution in [2.75, 3.05) is 26.9 Å². The molecule has 0 aliphatic heterocycles. The van der Waals surface area contributed by atoms with Gasteiger partial charge in [0.25, 0.3) is 0 Å². The molecule has 0 fully saturated rings. The lowest BCUT2D eigenvalue weighted by atomic mass is 10.4. The van der Waals surface area contributed by atoms with Crippen molar-refractivity contribution in [1.29, 1.82) is 0 Å². The summed E-state index contributed by atoms with van der Waals surface area (Å²) in [6.45, 7) is 1.99. The second-order valence-electron chi connectivity index (χ2n) is 3.44. The van der Waals surface area contributed by atoms with E-state index in [1.165, 1.54) is 4.68 Å². The Labute approximate surface area is 94.0 Å². The van der Waals surface area contributed by atoms with Gasteiger partial charge in [0.15, 0.2) is 0 Å². The van der Waals surface area contributed by atoms with Crippen molar-refractivity contribution in [2.24, 2.45) is 0 Å². The zero-order valence-corrected chi connectivity index (χ0v) is 9.33. The van der Waals surface area contributed by atoms with E-state index in [2.05, 4.69) is 15.6 Å². The number of ether oxygens (including phenoxy) is 1. The Morgan fingerprint density at radius 1 is 1.62 bits per heavy atom. The van der Waals surface area contributed by atoms with Gasteiger partial charge in [-0.2, -0.15) is 0 Å². The molecule has 0 aromatic carbocycles. The normalized spacial score (nSPS) is 12.9. The van der Waals surface area contributed by atoms with Crippen molar-refractivity contribution in [3.63, 3.8) is 0 Å². The van der Waals surface area contributed by atoms with Gasteiger partial charge in [0.2, 0.25) is 0 Å². The minimum atomic E-state index is -0.795. The van der Waals surface area contributed by atoms with Crippen molar-refractivity contribution in [3.8, 4) is 0 Å². The van der Waals surface area contributed by atoms with Crippen LogP contribution in [0.4, 0.5) is 0 Å². The summed E-state index contributed by atoms with van der Waals surface area (Å²) in [5.74, 6) is 0. The Bertz CT molecular complexity index is 292. The Morgan fingerprint density at radius 2 is 2.44 bits per heavy atom. The maximum absolute atomic E-state index is 9.20. The monoisotopic (exact) mass is 230 g/mol. The summed E-state index contributed by atoms with van der Waals surface area (Å²) >= 11 is 0. The minimum absolute atomic E-state index is 0.252. The number of nitrogens with one attached hydrogen (secondary N) is 1. The molecule has 0 bridgehead atoms. The van der Waals surface area contributed by atoms with Gasteiger partial charge in [0, 0.05) is 26.4 Å². The Kier molecular flexibility index (Phi) is 5.94. The first kappa shape index (κ1) is 13.0. The minimum Gasteiger partial charge on any atom is -0.394 e. The van der Waals surface area contributed by atoms with Crippen LogP contribution in [0.1, 0.15) is 5.69 Å². The van der Waals surface area contributed by atoms with Crippen molar-refractivity contribution in [2.45, 2.75) is 19.2 Å². The van der Waals surface area contributed by atoms with Crippen molar-refractivity contribution in [3.05, 3.63) is 11.9 Å². The highest BCUT2D eigenvalue weighted by atomic mass is 16.5. The number of hydrogen-bond acceptors (Lipinski definition) is 6. The lowest BCUT2D eigenvalue weighted by Crippen LogP contribution is -2.20. The molecule has 1 rings (SSSR count). The summed E-state index contributed by atoms with van der Waals surface area (Å²) in [6, 6.07) is 0. The number of aromatic nitrogens is 3. The maximum Gasteiger partial charge on any atom is 0.0966 e. The molecule has 0 aliphatic rings. The first-order valence-electron chi connectivity index (χ1n) is 5.14. The zero-order chi connectivity index (χ0) is 11.8. The van der Waals surface area contributed by atoms with E-state index < -0.39 is 6.10 Å². The van der Waals surface area contributed by atoms with Crippen LogP contribution >= 0.6 is 0 Å². The molecule has 1 atom stereocenters. The van der Waals surface area contributed by atoms with E-state index in [0.29, 0.717) is 13.2 Å². The smallest absolute Gasteiger partial charge is 0.0966 e. The number of hydrogen-bond donors (Lipinski definition) is 3. The lowest BCUT2D eigenvalue weighted by Gasteiger charge is -2.05. The third-order valence-electron chi connectivity index (χ3n) is 1.98. The van der Waals surface area contributed by atoms with Crippen molar-refractivity contribution >= 4 is 0 Å². The summed E-state index contributed by atoms with van der Waals surface area (Å²) in [5, 5.41) is 28.7. The van der Waals surface area contributed by atoms with Gasteiger partial charge >= 0.3 is 0 Å². The van der Waals surface area contributed by atoms with Crippen LogP contribution in [0, 0.1) is 0 Å². The molecule has 7 nitrogen and oxygen atoms in total. The summed E-state index contributed by atoms with van der Waals surface area (Å²) in [6.07, 6.45) is 0.939. The predicted octanol–water partition coefficient (Wildman–Crippen LogP) is -1.63. The highest BCUT2D eigenvalue weighted by Crippen LogP contribution is 1.94. The summed E-state index contributed by atoms with van der Waals surface area (Å²) in [5.41, 5.74) is 0.793. The second kappa shape index (κ2) is 7.29. The molecular weight excluding hydrogens is 212 g/mol. The van der Waals surface area contributed by atoms with Gasteiger partial charge in [-0.15, -0.1) is 5.10 Å². The quantitative estimate of drug-likeness (QED) is 0.464. The van der Waals surface area contributed by atoms with E-state index in [-0.39, 0.29) is 13.2 Å². The van der Waals surface area contributed by atoms with Gasteiger partial charge in [0.1, 0.15) is 0 Å². The third-order valence-corrected chi connectivity index (χ3v) is 1.98. The van der Waals surface area contributed by atoms with Crippen molar-refractivity contribution in [1.82, 2.24) is 20.3 Å². The number of aliphatic hydroxyl groups is 2. The molecule has 0 saturated heterocycles. The Hall–Kier alpha value is -1.02. The van der Waals surface area contributed by atoms with Crippen LogP contribution < -0.4 is 5.32 Å². The molecule has 3 N–H and O–H groups in total. The zero-order valence-electron chi connectivity index (χ0n) is 9.33. The van der Waals surface area contributed by atoms with Gasteiger partial charge < -0.3 is 20.3 Å². The summed E-state index contributed by atoms with van der Waals surface area (Å²) < 4.78 is 6.40. The van der Waals surface area contributed by atoms with Crippen LogP contribution in [0.5, 0.6) is 0 Å². The second-order valence-corrected chi connectivity index (χ2v) is 3.44. The van der Waals surface area contributed by atoms with Crippen LogP contribution in [-0.4, -0.2) is 58.2 Å². The van der Waals surface area contributed by atoms with E-state index in [1.54, 1.807) is 13.3 Å². The van der Waals surface area contributed by atoms with E-state index in [4.69, 9.17) is 9.84 Å². The van der Waals surface area contributed by atoms with Gasteiger partial charge in [-0.3, -0.25) is 0 Å². The molecule has 7 heteroatoms. The molecule has 1 unspecified atom stereocenters. The fourth-order valence-corrected chi connectivity index (χ4v) is 1.17.